The van der Waals surface area contributed by atoms with E-state index in [1.807, 2.05) is 13.8 Å². The Balaban J connectivity index is 1.59. The van der Waals surface area contributed by atoms with Crippen LogP contribution in [0.15, 0.2) is 24.8 Å². The molecule has 10 heteroatoms. The van der Waals surface area contributed by atoms with Gasteiger partial charge in [0.1, 0.15) is 12.6 Å². The summed E-state index contributed by atoms with van der Waals surface area (Å²) in [7, 11) is 3.51. The number of hydrogen-bond donors (Lipinski definition) is 2. The van der Waals surface area contributed by atoms with Crippen molar-refractivity contribution in [2.75, 3.05) is 32.1 Å². The fourth-order valence-electron chi connectivity index (χ4n) is 3.24. The Kier molecular flexibility index (Phi) is 5.80. The minimum atomic E-state index is -0.533. The molecule has 0 saturated carbocycles. The van der Waals surface area contributed by atoms with E-state index in [0.29, 0.717) is 25.4 Å². The second-order valence-corrected chi connectivity index (χ2v) is 7.51. The summed E-state index contributed by atoms with van der Waals surface area (Å²) < 4.78 is 8.81. The van der Waals surface area contributed by atoms with Crippen molar-refractivity contribution in [3.05, 3.63) is 30.4 Å². The van der Waals surface area contributed by atoms with Gasteiger partial charge in [0.05, 0.1) is 30.3 Å². The zero-order chi connectivity index (χ0) is 20.3. The van der Waals surface area contributed by atoms with Gasteiger partial charge >= 0.3 is 0 Å². The molecule has 0 aliphatic carbocycles. The van der Waals surface area contributed by atoms with Crippen LogP contribution in [-0.2, 0) is 27.9 Å². The number of nitrogens with one attached hydrogen (secondary N) is 2. The molecule has 1 saturated heterocycles. The Bertz CT molecular complexity index is 842. The van der Waals surface area contributed by atoms with E-state index in [-0.39, 0.29) is 24.0 Å². The number of amides is 2. The van der Waals surface area contributed by atoms with Gasteiger partial charge < -0.3 is 20.3 Å². The maximum atomic E-state index is 12.6. The number of likely N-dealkylation sites (N-methyl/N-ethyl adjacent to an activating group) is 1. The molecule has 0 radical (unpaired) electrons. The summed E-state index contributed by atoms with van der Waals surface area (Å²) in [6.07, 6.45) is 6.61. The predicted molar refractivity (Wildman–Crippen MR) is 102 cm³/mol. The van der Waals surface area contributed by atoms with Gasteiger partial charge in [0, 0.05) is 38.1 Å². The lowest BCUT2D eigenvalue weighted by molar-refractivity contribution is -0.146. The molecule has 2 amide bonds. The summed E-state index contributed by atoms with van der Waals surface area (Å²) in [6.45, 7) is 5.69. The lowest BCUT2D eigenvalue weighted by Crippen LogP contribution is -2.51. The molecule has 0 aromatic carbocycles. The van der Waals surface area contributed by atoms with E-state index in [1.165, 1.54) is 10.9 Å². The summed E-state index contributed by atoms with van der Waals surface area (Å²) >= 11 is 0. The number of carbonyl (C=O) groups is 2. The van der Waals surface area contributed by atoms with E-state index < -0.39 is 6.04 Å². The molecular weight excluding hydrogens is 362 g/mol. The van der Waals surface area contributed by atoms with Crippen LogP contribution in [0, 0.1) is 0 Å². The molecule has 1 aliphatic heterocycles. The van der Waals surface area contributed by atoms with Gasteiger partial charge in [-0.15, -0.1) is 0 Å². The van der Waals surface area contributed by atoms with Crippen molar-refractivity contribution in [1.82, 2.24) is 29.8 Å². The molecule has 0 bridgehead atoms. The third kappa shape index (κ3) is 4.76. The number of carbonyl (C=O) groups excluding carboxylic acids is 2. The minimum absolute atomic E-state index is 0.0270. The van der Waals surface area contributed by atoms with Crippen LogP contribution in [0.2, 0.25) is 0 Å². The Morgan fingerprint density at radius 3 is 2.71 bits per heavy atom. The van der Waals surface area contributed by atoms with Crippen LogP contribution in [0.4, 0.5) is 5.69 Å². The van der Waals surface area contributed by atoms with Crippen molar-refractivity contribution >= 4 is 17.5 Å². The first-order valence-electron chi connectivity index (χ1n) is 9.18. The maximum Gasteiger partial charge on any atom is 0.246 e. The average Bonchev–Trinajstić information content (AvgIpc) is 3.24. The lowest BCUT2D eigenvalue weighted by atomic mass is 10.1. The summed E-state index contributed by atoms with van der Waals surface area (Å²) in [5.74, 6) is -0.253. The molecule has 0 spiro atoms. The van der Waals surface area contributed by atoms with Crippen LogP contribution in [0.5, 0.6) is 0 Å². The van der Waals surface area contributed by atoms with Crippen LogP contribution < -0.4 is 10.6 Å². The zero-order valence-electron chi connectivity index (χ0n) is 16.7. The maximum absolute atomic E-state index is 12.6. The molecule has 2 aromatic heterocycles. The van der Waals surface area contributed by atoms with Gasteiger partial charge in [-0.1, -0.05) is 0 Å². The number of morpholine rings is 1. The Labute approximate surface area is 163 Å². The minimum Gasteiger partial charge on any atom is -0.372 e. The van der Waals surface area contributed by atoms with Crippen LogP contribution in [0.1, 0.15) is 25.5 Å². The number of ether oxygens (including phenoxy) is 1. The quantitative estimate of drug-likeness (QED) is 0.729. The average molecular weight is 389 g/mol. The van der Waals surface area contributed by atoms with Crippen molar-refractivity contribution < 1.29 is 14.3 Å². The predicted octanol–water partition coefficient (Wildman–Crippen LogP) is 0.153. The van der Waals surface area contributed by atoms with E-state index in [0.717, 1.165) is 5.56 Å². The molecule has 152 valence electrons. The van der Waals surface area contributed by atoms with E-state index in [2.05, 4.69) is 20.8 Å². The Morgan fingerprint density at radius 2 is 2.07 bits per heavy atom. The van der Waals surface area contributed by atoms with Crippen LogP contribution >= 0.6 is 0 Å². The summed E-state index contributed by atoms with van der Waals surface area (Å²) in [6, 6.07) is -0.533. The third-order valence-electron chi connectivity index (χ3n) is 4.59. The number of rotatable bonds is 6. The second kappa shape index (κ2) is 8.11. The first-order chi connectivity index (χ1) is 13.3. The molecule has 3 rings (SSSR count). The molecule has 10 nitrogen and oxygen atoms in total. The Hall–Kier alpha value is -2.72. The van der Waals surface area contributed by atoms with Crippen molar-refractivity contribution in [1.29, 1.82) is 0 Å². The fourth-order valence-corrected chi connectivity index (χ4v) is 3.24. The highest BCUT2D eigenvalue weighted by molar-refractivity contribution is 5.95. The van der Waals surface area contributed by atoms with Gasteiger partial charge in [0.15, 0.2) is 0 Å². The number of anilines is 1. The number of aryl methyl sites for hydroxylation is 1. The monoisotopic (exact) mass is 389 g/mol. The number of nitrogens with zero attached hydrogens (tertiary/aromatic N) is 5. The van der Waals surface area contributed by atoms with Crippen molar-refractivity contribution in [2.45, 2.75) is 32.0 Å². The highest BCUT2D eigenvalue weighted by Gasteiger charge is 2.30. The molecule has 1 aliphatic rings. The molecular formula is C18H27N7O3. The van der Waals surface area contributed by atoms with Gasteiger partial charge in [0.2, 0.25) is 11.8 Å². The topological polar surface area (TPSA) is 106 Å². The molecule has 1 unspecified atom stereocenters. The lowest BCUT2D eigenvalue weighted by Gasteiger charge is -2.38. The summed E-state index contributed by atoms with van der Waals surface area (Å²) in [4.78, 5) is 26.9. The highest BCUT2D eigenvalue weighted by atomic mass is 16.5. The molecule has 3 heterocycles. The van der Waals surface area contributed by atoms with E-state index in [4.69, 9.17) is 4.74 Å². The van der Waals surface area contributed by atoms with Crippen LogP contribution in [-0.4, -0.2) is 68.6 Å². The third-order valence-corrected chi connectivity index (χ3v) is 4.59. The smallest absolute Gasteiger partial charge is 0.246 e. The fraction of sp³-hybridized carbons (Fsp3) is 0.556. The van der Waals surface area contributed by atoms with Crippen LogP contribution in [0.3, 0.4) is 0 Å². The van der Waals surface area contributed by atoms with Crippen molar-refractivity contribution in [2.24, 2.45) is 7.05 Å². The molecule has 1 fully saturated rings. The first-order valence-corrected chi connectivity index (χ1v) is 9.18. The largest absolute Gasteiger partial charge is 0.372 e. The molecule has 2 N–H and O–H groups in total. The van der Waals surface area contributed by atoms with Crippen molar-refractivity contribution in [3.8, 4) is 0 Å². The number of hydrogen-bond acceptors (Lipinski definition) is 6. The second-order valence-electron chi connectivity index (χ2n) is 7.51. The molecule has 1 atom stereocenters. The van der Waals surface area contributed by atoms with E-state index in [9.17, 15) is 9.59 Å². The normalized spacial score (nSPS) is 17.4. The van der Waals surface area contributed by atoms with E-state index >= 15 is 0 Å². The summed E-state index contributed by atoms with van der Waals surface area (Å²) in [5, 5.41) is 14.1. The molecule has 2 aromatic rings. The van der Waals surface area contributed by atoms with Gasteiger partial charge in [0.25, 0.3) is 0 Å². The van der Waals surface area contributed by atoms with Crippen molar-refractivity contribution in [3.63, 3.8) is 0 Å². The van der Waals surface area contributed by atoms with Gasteiger partial charge in [-0.3, -0.25) is 19.0 Å². The zero-order valence-corrected chi connectivity index (χ0v) is 16.7. The van der Waals surface area contributed by atoms with Crippen LogP contribution in [0.25, 0.3) is 0 Å². The number of aromatic nitrogens is 4. The molecule has 28 heavy (non-hydrogen) atoms. The standard InChI is InChI=1S/C18H27N7O3/c1-18(2)12-24(5-6-28-18)15(26)11-25-10-14(8-21-25)22-17(27)16(19-3)13-7-20-23(4)9-13/h7-10,16,19H,5-6,11-12H2,1-4H3,(H,22,27). The highest BCUT2D eigenvalue weighted by Crippen LogP contribution is 2.17. The van der Waals surface area contributed by atoms with E-state index in [1.54, 1.807) is 42.3 Å². The van der Waals surface area contributed by atoms with Gasteiger partial charge in [-0.05, 0) is 20.9 Å². The first kappa shape index (κ1) is 20.0. The van der Waals surface area contributed by atoms with Gasteiger partial charge in [-0.25, -0.2) is 0 Å². The Morgan fingerprint density at radius 1 is 1.29 bits per heavy atom. The summed E-state index contributed by atoms with van der Waals surface area (Å²) in [5.41, 5.74) is 0.954. The SMILES string of the molecule is CNC(C(=O)Nc1cnn(CC(=O)N2CCOC(C)(C)C2)c1)c1cnn(C)c1. The van der Waals surface area contributed by atoms with Gasteiger partial charge in [-0.2, -0.15) is 10.2 Å².